The van der Waals surface area contributed by atoms with E-state index < -0.39 is 5.60 Å². The molecule has 0 aromatic heterocycles. The number of hydrogen-bond donors (Lipinski definition) is 2. The Morgan fingerprint density at radius 2 is 2.12 bits per heavy atom. The second kappa shape index (κ2) is 4.16. The van der Waals surface area contributed by atoms with Crippen molar-refractivity contribution >= 4 is 6.09 Å². The number of carbonyl (C=O) groups is 1. The van der Waals surface area contributed by atoms with E-state index in [2.05, 4.69) is 17.6 Å². The zero-order valence-corrected chi connectivity index (χ0v) is 11.3. The van der Waals surface area contributed by atoms with Gasteiger partial charge in [-0.25, -0.2) is 4.79 Å². The van der Waals surface area contributed by atoms with Gasteiger partial charge in [-0.15, -0.1) is 0 Å². The Balaban J connectivity index is 1.94. The third-order valence-electron chi connectivity index (χ3n) is 3.89. The molecule has 2 aliphatic rings. The quantitative estimate of drug-likeness (QED) is 0.775. The fourth-order valence-corrected chi connectivity index (χ4v) is 2.88. The van der Waals surface area contributed by atoms with Gasteiger partial charge in [-0.05, 0) is 52.0 Å². The lowest BCUT2D eigenvalue weighted by Gasteiger charge is -2.27. The van der Waals surface area contributed by atoms with Gasteiger partial charge in [0, 0.05) is 6.54 Å². The molecule has 0 aromatic rings. The molecule has 98 valence electrons. The van der Waals surface area contributed by atoms with Crippen molar-refractivity contribution in [2.75, 3.05) is 13.1 Å². The van der Waals surface area contributed by atoms with E-state index >= 15 is 0 Å². The summed E-state index contributed by atoms with van der Waals surface area (Å²) in [6.07, 6.45) is 1.97. The van der Waals surface area contributed by atoms with Gasteiger partial charge in [0.25, 0.3) is 0 Å². The Hall–Kier alpha value is -0.770. The molecule has 3 atom stereocenters. The van der Waals surface area contributed by atoms with Crippen LogP contribution in [-0.2, 0) is 4.74 Å². The van der Waals surface area contributed by atoms with Crippen LogP contribution in [0.4, 0.5) is 4.79 Å². The van der Waals surface area contributed by atoms with E-state index in [1.807, 2.05) is 20.8 Å². The maximum atomic E-state index is 11.9. The third-order valence-corrected chi connectivity index (χ3v) is 3.89. The zero-order valence-electron chi connectivity index (χ0n) is 11.3. The average Bonchev–Trinajstić information content (AvgIpc) is 2.66. The first kappa shape index (κ1) is 12.7. The standard InChI is InChI=1S/C13H24N2O2/c1-9-7-13(9,10-5-6-14-8-10)15-11(16)17-12(2,3)4/h9-10,14H,5-8H2,1-4H3,(H,15,16). The first-order valence-corrected chi connectivity index (χ1v) is 6.55. The lowest BCUT2D eigenvalue weighted by atomic mass is 9.94. The number of alkyl carbamates (subject to hydrolysis) is 1. The molecule has 2 N–H and O–H groups in total. The fourth-order valence-electron chi connectivity index (χ4n) is 2.88. The van der Waals surface area contributed by atoms with E-state index in [4.69, 9.17) is 4.74 Å². The minimum Gasteiger partial charge on any atom is -0.444 e. The molecule has 1 saturated carbocycles. The summed E-state index contributed by atoms with van der Waals surface area (Å²) in [6.45, 7) is 9.97. The van der Waals surface area contributed by atoms with Crippen molar-refractivity contribution in [1.82, 2.24) is 10.6 Å². The van der Waals surface area contributed by atoms with E-state index in [0.717, 1.165) is 25.9 Å². The maximum Gasteiger partial charge on any atom is 0.408 e. The molecule has 3 unspecified atom stereocenters. The van der Waals surface area contributed by atoms with Crippen molar-refractivity contribution in [2.24, 2.45) is 11.8 Å². The molecule has 4 heteroatoms. The predicted molar refractivity (Wildman–Crippen MR) is 66.9 cm³/mol. The molecule has 4 nitrogen and oxygen atoms in total. The van der Waals surface area contributed by atoms with Crippen LogP contribution >= 0.6 is 0 Å². The fraction of sp³-hybridized carbons (Fsp3) is 0.923. The SMILES string of the molecule is CC1CC1(NC(=O)OC(C)(C)C)C1CCNC1. The smallest absolute Gasteiger partial charge is 0.408 e. The normalized spacial score (nSPS) is 36.7. The van der Waals surface area contributed by atoms with Crippen molar-refractivity contribution in [3.63, 3.8) is 0 Å². The molecule has 1 aliphatic heterocycles. The van der Waals surface area contributed by atoms with E-state index in [-0.39, 0.29) is 11.6 Å². The van der Waals surface area contributed by atoms with Crippen LogP contribution in [0.15, 0.2) is 0 Å². The van der Waals surface area contributed by atoms with Gasteiger partial charge in [0.15, 0.2) is 0 Å². The van der Waals surface area contributed by atoms with Gasteiger partial charge >= 0.3 is 6.09 Å². The summed E-state index contributed by atoms with van der Waals surface area (Å²) in [5.41, 5.74) is -0.427. The summed E-state index contributed by atoms with van der Waals surface area (Å²) >= 11 is 0. The molecule has 2 fully saturated rings. The highest BCUT2D eigenvalue weighted by molar-refractivity contribution is 5.69. The molecule has 1 saturated heterocycles. The topological polar surface area (TPSA) is 50.4 Å². The van der Waals surface area contributed by atoms with Gasteiger partial charge in [-0.1, -0.05) is 6.92 Å². The molecule has 0 bridgehead atoms. The highest BCUT2D eigenvalue weighted by Gasteiger charge is 2.58. The van der Waals surface area contributed by atoms with E-state index in [9.17, 15) is 4.79 Å². The molecule has 2 rings (SSSR count). The first-order chi connectivity index (χ1) is 7.83. The maximum absolute atomic E-state index is 11.9. The second-order valence-electron chi connectivity index (χ2n) is 6.46. The van der Waals surface area contributed by atoms with Gasteiger partial charge in [0.1, 0.15) is 5.60 Å². The number of amides is 1. The van der Waals surface area contributed by atoms with Crippen LogP contribution < -0.4 is 10.6 Å². The Morgan fingerprint density at radius 1 is 1.47 bits per heavy atom. The van der Waals surface area contributed by atoms with Crippen LogP contribution in [0.3, 0.4) is 0 Å². The van der Waals surface area contributed by atoms with Crippen molar-refractivity contribution in [3.05, 3.63) is 0 Å². The lowest BCUT2D eigenvalue weighted by molar-refractivity contribution is 0.0470. The Bertz CT molecular complexity index is 305. The average molecular weight is 240 g/mol. The molecule has 0 spiro atoms. The molecule has 1 aliphatic carbocycles. The minimum atomic E-state index is -0.419. The van der Waals surface area contributed by atoms with Gasteiger partial charge in [-0.2, -0.15) is 0 Å². The van der Waals surface area contributed by atoms with Gasteiger partial charge < -0.3 is 15.4 Å². The molecule has 17 heavy (non-hydrogen) atoms. The molecule has 0 radical (unpaired) electrons. The van der Waals surface area contributed by atoms with Gasteiger partial charge in [0.2, 0.25) is 0 Å². The first-order valence-electron chi connectivity index (χ1n) is 6.55. The number of hydrogen-bond acceptors (Lipinski definition) is 3. The van der Waals surface area contributed by atoms with Gasteiger partial charge in [-0.3, -0.25) is 0 Å². The summed E-state index contributed by atoms with van der Waals surface area (Å²) in [5, 5.41) is 6.48. The summed E-state index contributed by atoms with van der Waals surface area (Å²) < 4.78 is 5.35. The Kier molecular flexibility index (Phi) is 3.10. The van der Waals surface area contributed by atoms with E-state index in [0.29, 0.717) is 11.8 Å². The van der Waals surface area contributed by atoms with Crippen molar-refractivity contribution in [1.29, 1.82) is 0 Å². The lowest BCUT2D eigenvalue weighted by Crippen LogP contribution is -2.47. The summed E-state index contributed by atoms with van der Waals surface area (Å²) in [5.74, 6) is 1.13. The Morgan fingerprint density at radius 3 is 2.53 bits per heavy atom. The van der Waals surface area contributed by atoms with Crippen molar-refractivity contribution in [3.8, 4) is 0 Å². The largest absolute Gasteiger partial charge is 0.444 e. The van der Waals surface area contributed by atoms with Crippen molar-refractivity contribution in [2.45, 2.75) is 51.7 Å². The zero-order chi connectivity index (χ0) is 12.7. The summed E-state index contributed by atoms with van der Waals surface area (Å²) in [4.78, 5) is 11.9. The van der Waals surface area contributed by atoms with Crippen LogP contribution in [0.1, 0.15) is 40.5 Å². The predicted octanol–water partition coefficient (Wildman–Crippen LogP) is 1.90. The van der Waals surface area contributed by atoms with Gasteiger partial charge in [0.05, 0.1) is 5.54 Å². The number of carbonyl (C=O) groups excluding carboxylic acids is 1. The minimum absolute atomic E-state index is 0.00810. The molecule has 0 aromatic carbocycles. The molecular weight excluding hydrogens is 216 g/mol. The van der Waals surface area contributed by atoms with Crippen LogP contribution in [-0.4, -0.2) is 30.3 Å². The number of rotatable bonds is 2. The van der Waals surface area contributed by atoms with Crippen LogP contribution in [0.2, 0.25) is 0 Å². The summed E-state index contributed by atoms with van der Waals surface area (Å²) in [7, 11) is 0. The molecule has 1 amide bonds. The third kappa shape index (κ3) is 2.73. The highest BCUT2D eigenvalue weighted by atomic mass is 16.6. The van der Waals surface area contributed by atoms with Crippen LogP contribution in [0, 0.1) is 11.8 Å². The summed E-state index contributed by atoms with van der Waals surface area (Å²) in [6, 6.07) is 0. The number of ether oxygens (including phenoxy) is 1. The van der Waals surface area contributed by atoms with Crippen LogP contribution in [0.5, 0.6) is 0 Å². The van der Waals surface area contributed by atoms with Crippen molar-refractivity contribution < 1.29 is 9.53 Å². The molecular formula is C13H24N2O2. The van der Waals surface area contributed by atoms with Crippen LogP contribution in [0.25, 0.3) is 0 Å². The second-order valence-corrected chi connectivity index (χ2v) is 6.46. The van der Waals surface area contributed by atoms with E-state index in [1.165, 1.54) is 0 Å². The monoisotopic (exact) mass is 240 g/mol. The highest BCUT2D eigenvalue weighted by Crippen LogP contribution is 2.50. The molecule has 1 heterocycles. The van der Waals surface area contributed by atoms with E-state index in [1.54, 1.807) is 0 Å². The Labute approximate surface area is 103 Å². The number of nitrogens with one attached hydrogen (secondary N) is 2.